The van der Waals surface area contributed by atoms with Crippen LogP contribution in [0.3, 0.4) is 0 Å². The average Bonchev–Trinajstić information content (AvgIpc) is 2.71. The number of methoxy groups -OCH3 is 1. The van der Waals surface area contributed by atoms with Gasteiger partial charge in [-0.05, 0) is 6.07 Å². The molecule has 2 rings (SSSR count). The van der Waals surface area contributed by atoms with Gasteiger partial charge in [-0.2, -0.15) is 0 Å². The molecule has 0 atom stereocenters. The SMILES string of the molecule is COC(=O)c1sc(N2CCOCC2)cc1N. The molecular weight excluding hydrogens is 228 g/mol. The Labute approximate surface area is 97.7 Å². The van der Waals surface area contributed by atoms with Crippen LogP contribution in [0.2, 0.25) is 0 Å². The molecule has 1 aliphatic heterocycles. The van der Waals surface area contributed by atoms with Crippen molar-refractivity contribution in [3.05, 3.63) is 10.9 Å². The highest BCUT2D eigenvalue weighted by atomic mass is 32.1. The molecule has 0 aromatic carbocycles. The lowest BCUT2D eigenvalue weighted by atomic mass is 10.3. The van der Waals surface area contributed by atoms with Gasteiger partial charge in [0.1, 0.15) is 4.88 Å². The van der Waals surface area contributed by atoms with Crippen LogP contribution in [0.4, 0.5) is 10.7 Å². The van der Waals surface area contributed by atoms with Gasteiger partial charge in [0.2, 0.25) is 0 Å². The molecule has 0 amide bonds. The molecule has 1 fully saturated rings. The first kappa shape index (κ1) is 11.2. The van der Waals surface area contributed by atoms with E-state index in [0.29, 0.717) is 23.8 Å². The minimum absolute atomic E-state index is 0.373. The van der Waals surface area contributed by atoms with E-state index in [1.807, 2.05) is 6.07 Å². The third-order valence-corrected chi connectivity index (χ3v) is 3.63. The van der Waals surface area contributed by atoms with E-state index in [9.17, 15) is 4.79 Å². The summed E-state index contributed by atoms with van der Waals surface area (Å²) in [6.45, 7) is 3.10. The van der Waals surface area contributed by atoms with Crippen LogP contribution in [0.15, 0.2) is 6.07 Å². The number of hydrogen-bond acceptors (Lipinski definition) is 6. The quantitative estimate of drug-likeness (QED) is 0.782. The Bertz CT molecular complexity index is 385. The van der Waals surface area contributed by atoms with Crippen LogP contribution in [0.1, 0.15) is 9.67 Å². The first-order valence-electron chi connectivity index (χ1n) is 5.02. The molecule has 5 nitrogen and oxygen atoms in total. The molecule has 1 aliphatic rings. The van der Waals surface area contributed by atoms with E-state index in [1.54, 1.807) is 0 Å². The van der Waals surface area contributed by atoms with Gasteiger partial charge in [-0.3, -0.25) is 0 Å². The summed E-state index contributed by atoms with van der Waals surface area (Å²) in [5.41, 5.74) is 6.26. The fourth-order valence-corrected chi connectivity index (χ4v) is 2.63. The van der Waals surface area contributed by atoms with Crippen LogP contribution in [0, 0.1) is 0 Å². The first-order valence-corrected chi connectivity index (χ1v) is 5.84. The van der Waals surface area contributed by atoms with Crippen molar-refractivity contribution < 1.29 is 14.3 Å². The minimum Gasteiger partial charge on any atom is -0.465 e. The summed E-state index contributed by atoms with van der Waals surface area (Å²) in [6.07, 6.45) is 0. The molecular formula is C10H14N2O3S. The molecule has 1 aromatic heterocycles. The Hall–Kier alpha value is -1.27. The second kappa shape index (κ2) is 4.71. The molecule has 1 saturated heterocycles. The Morgan fingerprint density at radius 2 is 2.25 bits per heavy atom. The van der Waals surface area contributed by atoms with Gasteiger partial charge >= 0.3 is 5.97 Å². The van der Waals surface area contributed by atoms with Crippen LogP contribution >= 0.6 is 11.3 Å². The van der Waals surface area contributed by atoms with Gasteiger partial charge in [0.15, 0.2) is 0 Å². The highest BCUT2D eigenvalue weighted by Gasteiger charge is 2.19. The van der Waals surface area contributed by atoms with Crippen molar-refractivity contribution in [2.24, 2.45) is 0 Å². The number of hydrogen-bond donors (Lipinski definition) is 1. The van der Waals surface area contributed by atoms with E-state index in [1.165, 1.54) is 18.4 Å². The molecule has 88 valence electrons. The molecule has 6 heteroatoms. The molecule has 0 saturated carbocycles. The number of carbonyl (C=O) groups excluding carboxylic acids is 1. The maximum atomic E-state index is 11.4. The smallest absolute Gasteiger partial charge is 0.350 e. The van der Waals surface area contributed by atoms with Crippen molar-refractivity contribution in [3.63, 3.8) is 0 Å². The summed E-state index contributed by atoms with van der Waals surface area (Å²) in [5.74, 6) is -0.373. The lowest BCUT2D eigenvalue weighted by Crippen LogP contribution is -2.35. The predicted molar refractivity (Wildman–Crippen MR) is 63.1 cm³/mol. The number of rotatable bonds is 2. The largest absolute Gasteiger partial charge is 0.465 e. The summed E-state index contributed by atoms with van der Waals surface area (Å²) in [7, 11) is 1.36. The third kappa shape index (κ3) is 2.12. The Kier molecular flexibility index (Phi) is 3.31. The van der Waals surface area contributed by atoms with E-state index in [0.717, 1.165) is 18.1 Å². The fraction of sp³-hybridized carbons (Fsp3) is 0.500. The predicted octanol–water partition coefficient (Wildman–Crippen LogP) is 0.954. The standard InChI is InChI=1S/C10H14N2O3S/c1-14-10(13)9-7(11)6-8(16-9)12-2-4-15-5-3-12/h6H,2-5,11H2,1H3. The van der Waals surface area contributed by atoms with Crippen LogP contribution in [0.25, 0.3) is 0 Å². The number of thiophene rings is 1. The van der Waals surface area contributed by atoms with E-state index in [-0.39, 0.29) is 5.97 Å². The zero-order valence-electron chi connectivity index (χ0n) is 9.06. The van der Waals surface area contributed by atoms with Crippen LogP contribution < -0.4 is 10.6 Å². The Morgan fingerprint density at radius 3 is 2.88 bits per heavy atom. The molecule has 2 heterocycles. The summed E-state index contributed by atoms with van der Waals surface area (Å²) < 4.78 is 9.93. The lowest BCUT2D eigenvalue weighted by Gasteiger charge is -2.27. The number of esters is 1. The summed E-state index contributed by atoms with van der Waals surface area (Å²) in [6, 6.07) is 1.82. The van der Waals surface area contributed by atoms with Crippen molar-refractivity contribution in [1.29, 1.82) is 0 Å². The topological polar surface area (TPSA) is 64.8 Å². The molecule has 0 radical (unpaired) electrons. The Balaban J connectivity index is 2.19. The van der Waals surface area contributed by atoms with E-state index in [4.69, 9.17) is 10.5 Å². The monoisotopic (exact) mass is 242 g/mol. The fourth-order valence-electron chi connectivity index (χ4n) is 1.58. The van der Waals surface area contributed by atoms with Crippen molar-refractivity contribution in [1.82, 2.24) is 0 Å². The zero-order valence-corrected chi connectivity index (χ0v) is 9.88. The maximum absolute atomic E-state index is 11.4. The summed E-state index contributed by atoms with van der Waals surface area (Å²) in [5, 5.41) is 1.00. The van der Waals surface area contributed by atoms with Gasteiger partial charge in [-0.25, -0.2) is 4.79 Å². The van der Waals surface area contributed by atoms with Crippen molar-refractivity contribution in [3.8, 4) is 0 Å². The summed E-state index contributed by atoms with van der Waals surface area (Å²) in [4.78, 5) is 14.0. The minimum atomic E-state index is -0.373. The second-order valence-electron chi connectivity index (χ2n) is 3.46. The molecule has 0 unspecified atom stereocenters. The zero-order chi connectivity index (χ0) is 11.5. The molecule has 1 aromatic rings. The Morgan fingerprint density at radius 1 is 1.56 bits per heavy atom. The van der Waals surface area contributed by atoms with Crippen molar-refractivity contribution in [2.45, 2.75) is 0 Å². The van der Waals surface area contributed by atoms with Crippen LogP contribution in [-0.2, 0) is 9.47 Å². The molecule has 2 N–H and O–H groups in total. The highest BCUT2D eigenvalue weighted by molar-refractivity contribution is 7.18. The summed E-state index contributed by atoms with van der Waals surface area (Å²) >= 11 is 1.37. The van der Waals surface area contributed by atoms with Crippen molar-refractivity contribution in [2.75, 3.05) is 44.0 Å². The van der Waals surface area contributed by atoms with Gasteiger partial charge in [-0.15, -0.1) is 11.3 Å². The van der Waals surface area contributed by atoms with Gasteiger partial charge < -0.3 is 20.1 Å². The number of ether oxygens (including phenoxy) is 2. The number of nitrogens with two attached hydrogens (primary N) is 1. The van der Waals surface area contributed by atoms with Crippen LogP contribution in [-0.4, -0.2) is 39.4 Å². The molecule has 16 heavy (non-hydrogen) atoms. The molecule has 0 bridgehead atoms. The second-order valence-corrected chi connectivity index (χ2v) is 4.49. The van der Waals surface area contributed by atoms with E-state index < -0.39 is 0 Å². The average molecular weight is 242 g/mol. The van der Waals surface area contributed by atoms with Crippen LogP contribution in [0.5, 0.6) is 0 Å². The van der Waals surface area contributed by atoms with E-state index >= 15 is 0 Å². The van der Waals surface area contributed by atoms with Gasteiger partial charge in [-0.1, -0.05) is 0 Å². The normalized spacial score (nSPS) is 16.2. The number of carbonyl (C=O) groups is 1. The van der Waals surface area contributed by atoms with Gasteiger partial charge in [0, 0.05) is 13.1 Å². The van der Waals surface area contributed by atoms with E-state index in [2.05, 4.69) is 9.64 Å². The highest BCUT2D eigenvalue weighted by Crippen LogP contribution is 2.32. The van der Waals surface area contributed by atoms with Gasteiger partial charge in [0.05, 0.1) is 31.0 Å². The van der Waals surface area contributed by atoms with Crippen molar-refractivity contribution >= 4 is 28.0 Å². The first-order chi connectivity index (χ1) is 7.72. The van der Waals surface area contributed by atoms with Gasteiger partial charge in [0.25, 0.3) is 0 Å². The molecule has 0 spiro atoms. The molecule has 0 aliphatic carbocycles. The number of nitrogens with zero attached hydrogens (tertiary/aromatic N) is 1. The number of morpholine rings is 1. The number of anilines is 2. The maximum Gasteiger partial charge on any atom is 0.350 e. The number of nitrogen functional groups attached to an aromatic ring is 1. The lowest BCUT2D eigenvalue weighted by molar-refractivity contribution is 0.0607. The third-order valence-electron chi connectivity index (χ3n) is 2.44.